The van der Waals surface area contributed by atoms with Crippen LogP contribution in [-0.2, 0) is 16.0 Å². The number of likely N-dealkylation sites (tertiary alicyclic amines) is 1. The molecule has 1 saturated heterocycles. The van der Waals surface area contributed by atoms with E-state index in [-0.39, 0.29) is 18.2 Å². The van der Waals surface area contributed by atoms with Crippen molar-refractivity contribution in [3.63, 3.8) is 0 Å². The van der Waals surface area contributed by atoms with Gasteiger partial charge in [0.25, 0.3) is 0 Å². The Balaban J connectivity index is 1.47. The molecule has 2 heterocycles. The molecule has 0 spiro atoms. The van der Waals surface area contributed by atoms with Gasteiger partial charge in [-0.05, 0) is 25.0 Å². The van der Waals surface area contributed by atoms with Gasteiger partial charge in [0.05, 0.1) is 19.8 Å². The minimum absolute atomic E-state index is 0.0405. The predicted octanol–water partition coefficient (Wildman–Crippen LogP) is 2.11. The Morgan fingerprint density at radius 3 is 3.04 bits per heavy atom. The Hall–Kier alpha value is -2.50. The average molecular weight is 330 g/mol. The van der Waals surface area contributed by atoms with Crippen LogP contribution >= 0.6 is 0 Å². The molecule has 0 unspecified atom stereocenters. The number of methoxy groups -OCH3 is 1. The molecular weight excluding hydrogens is 308 g/mol. The monoisotopic (exact) mass is 330 g/mol. The van der Waals surface area contributed by atoms with Crippen LogP contribution in [0.3, 0.4) is 0 Å². The first-order valence-electron chi connectivity index (χ1n) is 8.26. The van der Waals surface area contributed by atoms with Crippen LogP contribution in [0, 0.1) is 0 Å². The molecule has 1 aliphatic heterocycles. The molecule has 1 fully saturated rings. The third-order valence-corrected chi connectivity index (χ3v) is 4.31. The highest BCUT2D eigenvalue weighted by Crippen LogP contribution is 2.25. The van der Waals surface area contributed by atoms with E-state index in [4.69, 9.17) is 9.15 Å². The van der Waals surface area contributed by atoms with Crippen molar-refractivity contribution in [3.8, 4) is 5.75 Å². The van der Waals surface area contributed by atoms with E-state index in [0.29, 0.717) is 25.1 Å². The van der Waals surface area contributed by atoms with Gasteiger partial charge in [-0.1, -0.05) is 0 Å². The Morgan fingerprint density at radius 1 is 1.42 bits per heavy atom. The van der Waals surface area contributed by atoms with Crippen molar-refractivity contribution in [2.45, 2.75) is 25.7 Å². The third-order valence-electron chi connectivity index (χ3n) is 4.31. The molecule has 128 valence electrons. The zero-order chi connectivity index (χ0) is 16.9. The maximum Gasteiger partial charge on any atom is 0.224 e. The standard InChI is InChI=1S/C18H22N2O4/c1-23-14-5-6-15-13(12-24-16(15)11-14)10-17(21)19-7-3-9-20-8-2-4-18(20)22/h5-6,11-12H,2-4,7-10H2,1H3,(H,19,21). The Bertz CT molecular complexity index is 738. The van der Waals surface area contributed by atoms with Crippen LogP contribution in [0.5, 0.6) is 5.75 Å². The lowest BCUT2D eigenvalue weighted by atomic mass is 10.1. The Labute approximate surface area is 140 Å². The number of hydrogen-bond acceptors (Lipinski definition) is 4. The molecule has 0 radical (unpaired) electrons. The number of amides is 2. The van der Waals surface area contributed by atoms with Crippen LogP contribution in [0.25, 0.3) is 11.0 Å². The van der Waals surface area contributed by atoms with E-state index in [0.717, 1.165) is 36.1 Å². The zero-order valence-corrected chi connectivity index (χ0v) is 13.8. The number of carbonyl (C=O) groups is 2. The van der Waals surface area contributed by atoms with Gasteiger partial charge in [-0.2, -0.15) is 0 Å². The third kappa shape index (κ3) is 3.69. The molecule has 2 amide bonds. The fraction of sp³-hybridized carbons (Fsp3) is 0.444. The minimum atomic E-state index is -0.0405. The van der Waals surface area contributed by atoms with Crippen LogP contribution in [0.4, 0.5) is 0 Å². The second-order valence-corrected chi connectivity index (χ2v) is 5.99. The van der Waals surface area contributed by atoms with Gasteiger partial charge in [0.15, 0.2) is 0 Å². The lowest BCUT2D eigenvalue weighted by molar-refractivity contribution is -0.127. The van der Waals surface area contributed by atoms with Crippen molar-refractivity contribution < 1.29 is 18.7 Å². The highest BCUT2D eigenvalue weighted by atomic mass is 16.5. The fourth-order valence-corrected chi connectivity index (χ4v) is 3.00. The second-order valence-electron chi connectivity index (χ2n) is 5.99. The molecule has 6 nitrogen and oxygen atoms in total. The highest BCUT2D eigenvalue weighted by Gasteiger charge is 2.19. The quantitative estimate of drug-likeness (QED) is 0.789. The largest absolute Gasteiger partial charge is 0.497 e. The molecule has 1 aromatic carbocycles. The first-order valence-corrected chi connectivity index (χ1v) is 8.26. The number of furan rings is 1. The van der Waals surface area contributed by atoms with E-state index in [1.165, 1.54) is 0 Å². The van der Waals surface area contributed by atoms with E-state index in [1.54, 1.807) is 13.4 Å². The summed E-state index contributed by atoms with van der Waals surface area (Å²) in [4.78, 5) is 25.4. The molecule has 1 N–H and O–H groups in total. The van der Waals surface area contributed by atoms with Gasteiger partial charge in [-0.15, -0.1) is 0 Å². The van der Waals surface area contributed by atoms with Crippen molar-refractivity contribution in [2.24, 2.45) is 0 Å². The lowest BCUT2D eigenvalue weighted by Gasteiger charge is -2.15. The zero-order valence-electron chi connectivity index (χ0n) is 13.8. The number of nitrogens with one attached hydrogen (secondary N) is 1. The molecule has 2 aromatic rings. The maximum atomic E-state index is 12.1. The molecule has 1 aromatic heterocycles. The van der Waals surface area contributed by atoms with Gasteiger partial charge in [-0.3, -0.25) is 9.59 Å². The Morgan fingerprint density at radius 2 is 2.29 bits per heavy atom. The topological polar surface area (TPSA) is 71.8 Å². The molecule has 3 rings (SSSR count). The number of rotatable bonds is 7. The van der Waals surface area contributed by atoms with Crippen molar-refractivity contribution in [3.05, 3.63) is 30.0 Å². The Kier molecular flexibility index (Phi) is 5.03. The van der Waals surface area contributed by atoms with Gasteiger partial charge >= 0.3 is 0 Å². The summed E-state index contributed by atoms with van der Waals surface area (Å²) in [6.07, 6.45) is 4.28. The average Bonchev–Trinajstić information content (AvgIpc) is 3.17. The number of benzene rings is 1. The summed E-state index contributed by atoms with van der Waals surface area (Å²) in [7, 11) is 1.61. The molecular formula is C18H22N2O4. The number of fused-ring (bicyclic) bond motifs is 1. The summed E-state index contributed by atoms with van der Waals surface area (Å²) < 4.78 is 10.7. The van der Waals surface area contributed by atoms with Crippen LogP contribution in [0.1, 0.15) is 24.8 Å². The number of ether oxygens (including phenoxy) is 1. The van der Waals surface area contributed by atoms with E-state index < -0.39 is 0 Å². The number of carbonyl (C=O) groups excluding carboxylic acids is 2. The SMILES string of the molecule is COc1ccc2c(CC(=O)NCCCN3CCCC3=O)coc2c1. The molecule has 1 aliphatic rings. The summed E-state index contributed by atoms with van der Waals surface area (Å²) >= 11 is 0. The summed E-state index contributed by atoms with van der Waals surface area (Å²) in [5.41, 5.74) is 1.57. The molecule has 0 aliphatic carbocycles. The first-order chi connectivity index (χ1) is 11.7. The summed E-state index contributed by atoms with van der Waals surface area (Å²) in [6, 6.07) is 5.56. The molecule has 24 heavy (non-hydrogen) atoms. The van der Waals surface area contributed by atoms with E-state index >= 15 is 0 Å². The number of nitrogens with zero attached hydrogens (tertiary/aromatic N) is 1. The highest BCUT2D eigenvalue weighted by molar-refractivity contribution is 5.88. The molecule has 0 bridgehead atoms. The van der Waals surface area contributed by atoms with Crippen LogP contribution in [0.15, 0.2) is 28.9 Å². The summed E-state index contributed by atoms with van der Waals surface area (Å²) in [5, 5.41) is 3.83. The van der Waals surface area contributed by atoms with Crippen LogP contribution < -0.4 is 10.1 Å². The van der Waals surface area contributed by atoms with Crippen molar-refractivity contribution in [1.29, 1.82) is 0 Å². The molecule has 6 heteroatoms. The maximum absolute atomic E-state index is 12.1. The van der Waals surface area contributed by atoms with E-state index in [1.807, 2.05) is 23.1 Å². The fourth-order valence-electron chi connectivity index (χ4n) is 3.00. The molecule has 0 saturated carbocycles. The van der Waals surface area contributed by atoms with Gasteiger partial charge < -0.3 is 19.4 Å². The van der Waals surface area contributed by atoms with Gasteiger partial charge in [0.2, 0.25) is 11.8 Å². The normalized spacial score (nSPS) is 14.4. The summed E-state index contributed by atoms with van der Waals surface area (Å²) in [5.74, 6) is 0.909. The summed E-state index contributed by atoms with van der Waals surface area (Å²) in [6.45, 7) is 2.14. The van der Waals surface area contributed by atoms with E-state index in [9.17, 15) is 9.59 Å². The van der Waals surface area contributed by atoms with Gasteiger partial charge in [-0.25, -0.2) is 0 Å². The van der Waals surface area contributed by atoms with Gasteiger partial charge in [0, 0.05) is 43.1 Å². The van der Waals surface area contributed by atoms with Crippen molar-refractivity contribution in [1.82, 2.24) is 10.2 Å². The van der Waals surface area contributed by atoms with Gasteiger partial charge in [0.1, 0.15) is 11.3 Å². The lowest BCUT2D eigenvalue weighted by Crippen LogP contribution is -2.31. The molecule has 0 atom stereocenters. The second kappa shape index (κ2) is 7.38. The van der Waals surface area contributed by atoms with Crippen LogP contribution in [0.2, 0.25) is 0 Å². The van der Waals surface area contributed by atoms with E-state index in [2.05, 4.69) is 5.32 Å². The van der Waals surface area contributed by atoms with Crippen LogP contribution in [-0.4, -0.2) is 43.5 Å². The predicted molar refractivity (Wildman–Crippen MR) is 89.9 cm³/mol. The first kappa shape index (κ1) is 16.4. The van der Waals surface area contributed by atoms with Crippen molar-refractivity contribution >= 4 is 22.8 Å². The van der Waals surface area contributed by atoms with Crippen molar-refractivity contribution in [2.75, 3.05) is 26.7 Å². The minimum Gasteiger partial charge on any atom is -0.497 e. The smallest absolute Gasteiger partial charge is 0.224 e. The number of hydrogen-bond donors (Lipinski definition) is 1.